The second-order valence-electron chi connectivity index (χ2n) is 4.13. The summed E-state index contributed by atoms with van der Waals surface area (Å²) in [5, 5.41) is 4.55. The molecule has 0 saturated carbocycles. The summed E-state index contributed by atoms with van der Waals surface area (Å²) in [5.41, 5.74) is 1.07. The molecule has 2 aromatic rings. The molecule has 1 aliphatic heterocycles. The van der Waals surface area contributed by atoms with Gasteiger partial charge in [0.2, 0.25) is 5.91 Å². The van der Waals surface area contributed by atoms with E-state index in [2.05, 4.69) is 10.3 Å². The average molecular weight is 308 g/mol. The molecule has 0 unspecified atom stereocenters. The van der Waals surface area contributed by atoms with Gasteiger partial charge < -0.3 is 5.32 Å². The standard InChI is InChI=1S/C13H10ClN3O2S/c14-5-3-10(18)17-9-4-7-20-11(9)13(19)16-8-2-1-6-15-12(8)17/h1-2,4,6-7H,3,5H2,(H,16,19). The molecule has 0 bridgehead atoms. The van der Waals surface area contributed by atoms with Crippen LogP contribution < -0.4 is 10.2 Å². The van der Waals surface area contributed by atoms with E-state index in [1.54, 1.807) is 29.8 Å². The Morgan fingerprint density at radius 2 is 2.30 bits per heavy atom. The number of anilines is 3. The largest absolute Gasteiger partial charge is 0.318 e. The molecule has 2 amide bonds. The van der Waals surface area contributed by atoms with Gasteiger partial charge in [0.05, 0.1) is 11.4 Å². The van der Waals surface area contributed by atoms with Crippen molar-refractivity contribution in [1.82, 2.24) is 4.98 Å². The summed E-state index contributed by atoms with van der Waals surface area (Å²) in [6.45, 7) is 0. The number of thiophene rings is 1. The number of amides is 2. The average Bonchev–Trinajstić information content (AvgIpc) is 2.86. The van der Waals surface area contributed by atoms with Crippen molar-refractivity contribution in [1.29, 1.82) is 0 Å². The first-order chi connectivity index (χ1) is 9.72. The second kappa shape index (κ2) is 5.22. The molecule has 0 spiro atoms. The zero-order valence-corrected chi connectivity index (χ0v) is 11.9. The molecule has 7 heteroatoms. The van der Waals surface area contributed by atoms with Crippen molar-refractivity contribution < 1.29 is 9.59 Å². The fourth-order valence-corrected chi connectivity index (χ4v) is 2.99. The fraction of sp³-hybridized carbons (Fsp3) is 0.154. The Balaban J connectivity index is 2.20. The van der Waals surface area contributed by atoms with Crippen molar-refractivity contribution in [3.63, 3.8) is 0 Å². The van der Waals surface area contributed by atoms with Crippen molar-refractivity contribution in [3.8, 4) is 0 Å². The van der Waals surface area contributed by atoms with E-state index in [1.165, 1.54) is 16.2 Å². The first-order valence-electron chi connectivity index (χ1n) is 5.95. The van der Waals surface area contributed by atoms with Crippen LogP contribution in [0, 0.1) is 0 Å². The van der Waals surface area contributed by atoms with Crippen LogP contribution in [-0.4, -0.2) is 22.7 Å². The highest BCUT2D eigenvalue weighted by Crippen LogP contribution is 2.38. The summed E-state index contributed by atoms with van der Waals surface area (Å²) < 4.78 is 0. The summed E-state index contributed by atoms with van der Waals surface area (Å²) in [5.74, 6) is 0.230. The lowest BCUT2D eigenvalue weighted by Crippen LogP contribution is -2.26. The maximum absolute atomic E-state index is 12.3. The summed E-state index contributed by atoms with van der Waals surface area (Å²) in [4.78, 5) is 30.7. The maximum Gasteiger partial charge on any atom is 0.267 e. The van der Waals surface area contributed by atoms with Crippen molar-refractivity contribution in [3.05, 3.63) is 34.7 Å². The lowest BCUT2D eigenvalue weighted by molar-refractivity contribution is -0.117. The van der Waals surface area contributed by atoms with Crippen molar-refractivity contribution in [2.24, 2.45) is 0 Å². The number of fused-ring (bicyclic) bond motifs is 2. The number of hydrogen-bond donors (Lipinski definition) is 1. The molecule has 0 fully saturated rings. The third-order valence-electron chi connectivity index (χ3n) is 2.90. The number of nitrogens with one attached hydrogen (secondary N) is 1. The normalized spacial score (nSPS) is 13.2. The van der Waals surface area contributed by atoms with E-state index in [9.17, 15) is 9.59 Å². The Bertz CT molecular complexity index is 686. The lowest BCUT2D eigenvalue weighted by atomic mass is 10.3. The highest BCUT2D eigenvalue weighted by Gasteiger charge is 2.30. The predicted octanol–water partition coefficient (Wildman–Crippen LogP) is 3.00. The van der Waals surface area contributed by atoms with E-state index in [0.29, 0.717) is 22.1 Å². The Morgan fingerprint density at radius 1 is 1.45 bits per heavy atom. The molecule has 2 aromatic heterocycles. The minimum absolute atomic E-state index is 0.182. The van der Waals surface area contributed by atoms with Gasteiger partial charge in [-0.1, -0.05) is 0 Å². The number of aromatic nitrogens is 1. The van der Waals surface area contributed by atoms with Gasteiger partial charge in [-0.15, -0.1) is 22.9 Å². The number of rotatable bonds is 2. The molecule has 0 aliphatic carbocycles. The minimum atomic E-state index is -0.231. The second-order valence-corrected chi connectivity index (χ2v) is 5.43. The molecule has 0 aromatic carbocycles. The van der Waals surface area contributed by atoms with E-state index in [4.69, 9.17) is 11.6 Å². The van der Waals surface area contributed by atoms with Crippen molar-refractivity contribution in [2.45, 2.75) is 6.42 Å². The van der Waals surface area contributed by atoms with E-state index >= 15 is 0 Å². The third kappa shape index (κ3) is 2.07. The molecular weight excluding hydrogens is 298 g/mol. The number of carbonyl (C=O) groups excluding carboxylic acids is 2. The first-order valence-corrected chi connectivity index (χ1v) is 7.36. The van der Waals surface area contributed by atoms with Crippen molar-refractivity contribution in [2.75, 3.05) is 16.1 Å². The molecule has 0 radical (unpaired) electrons. The van der Waals surface area contributed by atoms with Crippen LogP contribution in [0.15, 0.2) is 29.8 Å². The van der Waals surface area contributed by atoms with Crippen LogP contribution in [0.5, 0.6) is 0 Å². The van der Waals surface area contributed by atoms with Crippen molar-refractivity contribution >= 4 is 51.9 Å². The van der Waals surface area contributed by atoms with Gasteiger partial charge in [-0.05, 0) is 23.6 Å². The summed E-state index contributed by atoms with van der Waals surface area (Å²) in [6, 6.07) is 5.18. The van der Waals surface area contributed by atoms with Crippen LogP contribution in [0.4, 0.5) is 17.2 Å². The van der Waals surface area contributed by atoms with E-state index in [-0.39, 0.29) is 24.1 Å². The molecule has 3 heterocycles. The van der Waals surface area contributed by atoms with Gasteiger partial charge in [-0.25, -0.2) is 4.98 Å². The van der Waals surface area contributed by atoms with Gasteiger partial charge in [0.15, 0.2) is 5.82 Å². The number of nitrogens with zero attached hydrogens (tertiary/aromatic N) is 2. The molecule has 102 valence electrons. The van der Waals surface area contributed by atoms with Crippen LogP contribution in [0.1, 0.15) is 16.1 Å². The number of carbonyl (C=O) groups is 2. The number of pyridine rings is 1. The van der Waals surface area contributed by atoms with Crippen LogP contribution in [0.25, 0.3) is 0 Å². The molecular formula is C13H10ClN3O2S. The number of alkyl halides is 1. The quantitative estimate of drug-likeness (QED) is 0.868. The summed E-state index contributed by atoms with van der Waals surface area (Å²) in [6.07, 6.45) is 1.77. The minimum Gasteiger partial charge on any atom is -0.318 e. The molecule has 0 atom stereocenters. The van der Waals surface area contributed by atoms with E-state index in [0.717, 1.165) is 0 Å². The SMILES string of the molecule is O=C1Nc2cccnc2N(C(=O)CCCl)c2ccsc21. The van der Waals surface area contributed by atoms with Crippen LogP contribution in [0.2, 0.25) is 0 Å². The van der Waals surface area contributed by atoms with E-state index in [1.807, 2.05) is 0 Å². The van der Waals surface area contributed by atoms with Gasteiger partial charge in [0.25, 0.3) is 5.91 Å². The van der Waals surface area contributed by atoms with Gasteiger partial charge in [-0.2, -0.15) is 0 Å². The van der Waals surface area contributed by atoms with Gasteiger partial charge in [0.1, 0.15) is 4.88 Å². The molecule has 1 N–H and O–H groups in total. The third-order valence-corrected chi connectivity index (χ3v) is 3.99. The van der Waals surface area contributed by atoms with Gasteiger partial charge >= 0.3 is 0 Å². The Hall–Kier alpha value is -1.92. The Labute approximate surface area is 124 Å². The highest BCUT2D eigenvalue weighted by atomic mass is 35.5. The topological polar surface area (TPSA) is 62.3 Å². The van der Waals surface area contributed by atoms with Gasteiger partial charge in [0, 0.05) is 18.5 Å². The van der Waals surface area contributed by atoms with Gasteiger partial charge in [-0.3, -0.25) is 14.5 Å². The van der Waals surface area contributed by atoms with E-state index < -0.39 is 0 Å². The predicted molar refractivity (Wildman–Crippen MR) is 79.0 cm³/mol. The number of hydrogen-bond acceptors (Lipinski definition) is 4. The molecule has 1 aliphatic rings. The molecule has 20 heavy (non-hydrogen) atoms. The van der Waals surface area contributed by atoms with Crippen LogP contribution in [0.3, 0.4) is 0 Å². The summed E-state index contributed by atoms with van der Waals surface area (Å²) in [7, 11) is 0. The first kappa shape index (κ1) is 13.1. The molecule has 0 saturated heterocycles. The molecule has 3 rings (SSSR count). The smallest absolute Gasteiger partial charge is 0.267 e. The zero-order chi connectivity index (χ0) is 14.1. The summed E-state index contributed by atoms with van der Waals surface area (Å²) >= 11 is 6.96. The van der Waals surface area contributed by atoms with Crippen LogP contribution in [-0.2, 0) is 4.79 Å². The lowest BCUT2D eigenvalue weighted by Gasteiger charge is -2.20. The number of halogens is 1. The Morgan fingerprint density at radius 3 is 3.10 bits per heavy atom. The Kier molecular flexibility index (Phi) is 3.42. The zero-order valence-electron chi connectivity index (χ0n) is 10.3. The maximum atomic E-state index is 12.3. The fourth-order valence-electron chi connectivity index (χ4n) is 2.06. The molecule has 5 nitrogen and oxygen atoms in total. The monoisotopic (exact) mass is 307 g/mol. The van der Waals surface area contributed by atoms with Crippen LogP contribution >= 0.6 is 22.9 Å². The highest BCUT2D eigenvalue weighted by molar-refractivity contribution is 7.12.